The van der Waals surface area contributed by atoms with Crippen LogP contribution in [-0.2, 0) is 32.0 Å². The van der Waals surface area contributed by atoms with Gasteiger partial charge in [0.15, 0.2) is 0 Å². The summed E-state index contributed by atoms with van der Waals surface area (Å²) in [7, 11) is 0. The first-order valence-corrected chi connectivity index (χ1v) is 9.91. The number of hydrogen-bond donors (Lipinski definition) is 5. The number of benzene rings is 2. The lowest BCUT2D eigenvalue weighted by molar-refractivity contribution is -0.129. The van der Waals surface area contributed by atoms with Crippen molar-refractivity contribution in [1.82, 2.24) is 16.0 Å². The van der Waals surface area contributed by atoms with Crippen LogP contribution in [0, 0.1) is 5.82 Å². The number of carbonyl (C=O) groups excluding carboxylic acids is 4. The first-order chi connectivity index (χ1) is 15.2. The van der Waals surface area contributed by atoms with Gasteiger partial charge in [0.1, 0.15) is 11.9 Å². The molecule has 0 aliphatic heterocycles. The lowest BCUT2D eigenvalue weighted by Gasteiger charge is -2.16. The van der Waals surface area contributed by atoms with Gasteiger partial charge >= 0.3 is 0 Å². The van der Waals surface area contributed by atoms with Crippen molar-refractivity contribution in [2.24, 2.45) is 11.5 Å². The molecule has 0 aliphatic rings. The lowest BCUT2D eigenvalue weighted by Crippen LogP contribution is -2.50. The van der Waals surface area contributed by atoms with E-state index in [1.807, 2.05) is 6.07 Å². The summed E-state index contributed by atoms with van der Waals surface area (Å²) >= 11 is 0. The van der Waals surface area contributed by atoms with Gasteiger partial charge in [-0.3, -0.25) is 19.2 Å². The number of amides is 4. The smallest absolute Gasteiger partial charge is 0.240 e. The fraction of sp³-hybridized carbons (Fsp3) is 0.273. The molecule has 4 amide bonds. The monoisotopic (exact) mass is 443 g/mol. The molecule has 0 aromatic heterocycles. The molecule has 0 bridgehead atoms. The van der Waals surface area contributed by atoms with E-state index in [0.29, 0.717) is 5.56 Å². The second-order valence-electron chi connectivity index (χ2n) is 7.14. The Morgan fingerprint density at radius 3 is 2.03 bits per heavy atom. The number of rotatable bonds is 11. The highest BCUT2D eigenvalue weighted by atomic mass is 19.1. The van der Waals surface area contributed by atoms with Crippen molar-refractivity contribution < 1.29 is 23.6 Å². The molecule has 0 heterocycles. The molecule has 7 N–H and O–H groups in total. The van der Waals surface area contributed by atoms with Gasteiger partial charge in [0.2, 0.25) is 23.6 Å². The third kappa shape index (κ3) is 8.52. The van der Waals surface area contributed by atoms with Gasteiger partial charge in [-0.1, -0.05) is 42.5 Å². The second kappa shape index (κ2) is 12.2. The topological polar surface area (TPSA) is 156 Å². The third-order valence-electron chi connectivity index (χ3n) is 4.54. The number of primary amides is 1. The van der Waals surface area contributed by atoms with E-state index in [-0.39, 0.29) is 19.4 Å². The predicted octanol–water partition coefficient (Wildman–Crippen LogP) is -0.859. The highest BCUT2D eigenvalue weighted by Gasteiger charge is 2.19. The molecule has 0 unspecified atom stereocenters. The molecule has 0 saturated heterocycles. The summed E-state index contributed by atoms with van der Waals surface area (Å²) in [5, 5.41) is 7.19. The summed E-state index contributed by atoms with van der Waals surface area (Å²) in [4.78, 5) is 47.6. The van der Waals surface area contributed by atoms with Crippen LogP contribution in [0.3, 0.4) is 0 Å². The minimum atomic E-state index is -0.925. The highest BCUT2D eigenvalue weighted by molar-refractivity contribution is 5.91. The van der Waals surface area contributed by atoms with E-state index >= 15 is 0 Å². The highest BCUT2D eigenvalue weighted by Crippen LogP contribution is 2.05. The average Bonchev–Trinajstić information content (AvgIpc) is 2.77. The van der Waals surface area contributed by atoms with Gasteiger partial charge in [0.25, 0.3) is 0 Å². The summed E-state index contributed by atoms with van der Waals surface area (Å²) in [6.07, 6.45) is 0.393. The van der Waals surface area contributed by atoms with Gasteiger partial charge in [-0.15, -0.1) is 0 Å². The maximum atomic E-state index is 12.9. The zero-order valence-corrected chi connectivity index (χ0v) is 17.3. The van der Waals surface area contributed by atoms with Crippen molar-refractivity contribution in [2.45, 2.75) is 24.9 Å². The predicted molar refractivity (Wildman–Crippen MR) is 115 cm³/mol. The average molecular weight is 443 g/mol. The van der Waals surface area contributed by atoms with Gasteiger partial charge in [-0.2, -0.15) is 0 Å². The van der Waals surface area contributed by atoms with E-state index in [1.54, 1.807) is 24.3 Å². The van der Waals surface area contributed by atoms with Crippen molar-refractivity contribution >= 4 is 23.6 Å². The standard InChI is InChI=1S/C22H26FN5O4/c23-16-8-6-15(7-9-16)10-17(24)22(32)27-12-19(29)26-13-20(30)28-18(21(25)31)11-14-4-2-1-3-5-14/h1-9,17-18H,10-13,24H2,(H2,25,31)(H,26,29)(H,27,32)(H,28,30)/t17-,18-/m1/s1. The molecule has 0 saturated carbocycles. The van der Waals surface area contributed by atoms with Crippen LogP contribution in [0.5, 0.6) is 0 Å². The van der Waals surface area contributed by atoms with E-state index in [2.05, 4.69) is 16.0 Å². The normalized spacial score (nSPS) is 12.3. The molecule has 0 spiro atoms. The summed E-state index contributed by atoms with van der Waals surface area (Å²) in [5.74, 6) is -2.87. The zero-order valence-electron chi connectivity index (χ0n) is 17.3. The van der Waals surface area contributed by atoms with Gasteiger partial charge in [0.05, 0.1) is 19.1 Å². The fourth-order valence-corrected chi connectivity index (χ4v) is 2.82. The van der Waals surface area contributed by atoms with Crippen molar-refractivity contribution in [3.63, 3.8) is 0 Å². The van der Waals surface area contributed by atoms with E-state index in [9.17, 15) is 23.6 Å². The molecule has 0 aliphatic carbocycles. The number of halogens is 1. The lowest BCUT2D eigenvalue weighted by atomic mass is 10.1. The Kier molecular flexibility index (Phi) is 9.30. The molecule has 0 fully saturated rings. The zero-order chi connectivity index (χ0) is 23.5. The largest absolute Gasteiger partial charge is 0.368 e. The first-order valence-electron chi connectivity index (χ1n) is 9.91. The van der Waals surface area contributed by atoms with Gasteiger partial charge in [0, 0.05) is 6.42 Å². The first kappa shape index (κ1) is 24.5. The van der Waals surface area contributed by atoms with Crippen LogP contribution < -0.4 is 27.4 Å². The summed E-state index contributed by atoms with van der Waals surface area (Å²) in [5.41, 5.74) is 12.6. The molecule has 2 aromatic carbocycles. The number of nitrogens with one attached hydrogen (secondary N) is 3. The number of hydrogen-bond acceptors (Lipinski definition) is 5. The van der Waals surface area contributed by atoms with E-state index < -0.39 is 48.1 Å². The van der Waals surface area contributed by atoms with Crippen molar-refractivity contribution in [1.29, 1.82) is 0 Å². The van der Waals surface area contributed by atoms with Crippen molar-refractivity contribution in [3.8, 4) is 0 Å². The Hall–Kier alpha value is -3.79. The maximum Gasteiger partial charge on any atom is 0.240 e. The third-order valence-corrected chi connectivity index (χ3v) is 4.54. The molecular weight excluding hydrogens is 417 g/mol. The Bertz CT molecular complexity index is 937. The summed E-state index contributed by atoms with van der Waals surface area (Å²) < 4.78 is 12.9. The molecule has 2 aromatic rings. The molecular formula is C22H26FN5O4. The Labute approximate surface area is 184 Å². The minimum Gasteiger partial charge on any atom is -0.368 e. The quantitative estimate of drug-likeness (QED) is 0.306. The van der Waals surface area contributed by atoms with Gasteiger partial charge in [-0.25, -0.2) is 4.39 Å². The van der Waals surface area contributed by atoms with Gasteiger partial charge in [-0.05, 0) is 29.7 Å². The summed E-state index contributed by atoms with van der Waals surface area (Å²) in [6, 6.07) is 12.7. The summed E-state index contributed by atoms with van der Waals surface area (Å²) in [6.45, 7) is -0.776. The van der Waals surface area contributed by atoms with E-state index in [0.717, 1.165) is 5.56 Å². The van der Waals surface area contributed by atoms with Crippen LogP contribution in [0.25, 0.3) is 0 Å². The van der Waals surface area contributed by atoms with Crippen LogP contribution in [0.2, 0.25) is 0 Å². The molecule has 2 atom stereocenters. The SMILES string of the molecule is NC(=O)[C@@H](Cc1ccccc1)NC(=O)CNC(=O)CNC(=O)[C@H](N)Cc1ccc(F)cc1. The molecule has 170 valence electrons. The van der Waals surface area contributed by atoms with E-state index in [1.165, 1.54) is 24.3 Å². The van der Waals surface area contributed by atoms with Crippen LogP contribution >= 0.6 is 0 Å². The van der Waals surface area contributed by atoms with Crippen molar-refractivity contribution in [2.75, 3.05) is 13.1 Å². The van der Waals surface area contributed by atoms with Crippen LogP contribution in [0.1, 0.15) is 11.1 Å². The molecule has 0 radical (unpaired) electrons. The van der Waals surface area contributed by atoms with Crippen LogP contribution in [0.4, 0.5) is 4.39 Å². The Morgan fingerprint density at radius 1 is 0.812 bits per heavy atom. The van der Waals surface area contributed by atoms with Crippen molar-refractivity contribution in [3.05, 3.63) is 71.5 Å². The fourth-order valence-electron chi connectivity index (χ4n) is 2.82. The Morgan fingerprint density at radius 2 is 1.41 bits per heavy atom. The molecule has 10 heteroatoms. The Balaban J connectivity index is 1.71. The second-order valence-corrected chi connectivity index (χ2v) is 7.14. The van der Waals surface area contributed by atoms with Crippen LogP contribution in [0.15, 0.2) is 54.6 Å². The molecule has 2 rings (SSSR count). The van der Waals surface area contributed by atoms with E-state index in [4.69, 9.17) is 11.5 Å². The van der Waals surface area contributed by atoms with Gasteiger partial charge < -0.3 is 27.4 Å². The number of carbonyl (C=O) groups is 4. The maximum absolute atomic E-state index is 12.9. The van der Waals surface area contributed by atoms with Crippen LogP contribution in [-0.4, -0.2) is 48.8 Å². The number of nitrogens with two attached hydrogens (primary N) is 2. The molecule has 9 nitrogen and oxygen atoms in total. The minimum absolute atomic E-state index is 0.173. The molecule has 32 heavy (non-hydrogen) atoms.